The van der Waals surface area contributed by atoms with Crippen molar-refractivity contribution < 1.29 is 0 Å². The summed E-state index contributed by atoms with van der Waals surface area (Å²) in [6, 6.07) is 11.8. The van der Waals surface area contributed by atoms with Crippen LogP contribution in [0.4, 0.5) is 0 Å². The third-order valence-electron chi connectivity index (χ3n) is 11.7. The smallest absolute Gasteiger partial charge is 0.0710 e. The molecule has 0 bridgehead atoms. The minimum Gasteiger partial charge on any atom is -0.103 e. The number of benzene rings is 1. The van der Waals surface area contributed by atoms with Gasteiger partial charge in [-0.15, -0.1) is 5.70 Å². The van der Waals surface area contributed by atoms with Crippen LogP contribution in [0.25, 0.3) is 5.20 Å². The topological polar surface area (TPSA) is 0 Å². The van der Waals surface area contributed by atoms with Crippen molar-refractivity contribution >= 4 is 51.2 Å². The molecule has 6 heteroatoms. The molecule has 0 aliphatic carbocycles. The van der Waals surface area contributed by atoms with Crippen molar-refractivity contribution in [1.82, 2.24) is 0 Å². The number of hydrogen-bond acceptors (Lipinski definition) is 0. The molecule has 0 N–H and O–H groups in total. The van der Waals surface area contributed by atoms with E-state index in [9.17, 15) is 0 Å². The normalized spacial score (nSPS) is 16.0. The van der Waals surface area contributed by atoms with Crippen molar-refractivity contribution in [1.29, 1.82) is 0 Å². The molecule has 0 saturated carbocycles. The summed E-state index contributed by atoms with van der Waals surface area (Å²) < 4.78 is 0. The van der Waals surface area contributed by atoms with Gasteiger partial charge in [-0.05, 0) is 25.7 Å². The average Bonchev–Trinajstić information content (AvgIpc) is 2.67. The van der Waals surface area contributed by atoms with E-state index in [1.54, 1.807) is 5.56 Å². The first kappa shape index (κ1) is 36.3. The fraction of sp³-hybridized carbons (Fsp3) is 0.750. The SMILES string of the molecule is CC(C)(C)[Si](C)(C)[Si](/C=C(\c1ccccc1)[Si]([Si](C)(C)C(C)(C)C)[Si](C)(C)C(C)(C)C)[Si](C)(C)C(C)(C)C. The zero-order chi connectivity index (χ0) is 30.6. The highest BCUT2D eigenvalue weighted by molar-refractivity contribution is 7.68. The summed E-state index contributed by atoms with van der Waals surface area (Å²) in [4.78, 5) is 0. The molecule has 218 valence electrons. The van der Waals surface area contributed by atoms with Crippen LogP contribution in [0.1, 0.15) is 88.6 Å². The van der Waals surface area contributed by atoms with Crippen molar-refractivity contribution in [2.24, 2.45) is 0 Å². The van der Waals surface area contributed by atoms with Gasteiger partial charge < -0.3 is 0 Å². The summed E-state index contributed by atoms with van der Waals surface area (Å²) in [6.45, 7) is 53.1. The molecule has 0 fully saturated rings. The predicted octanol–water partition coefficient (Wildman–Crippen LogP) is 11.5. The average molecular weight is 619 g/mol. The first-order valence-electron chi connectivity index (χ1n) is 15.0. The third-order valence-corrected chi connectivity index (χ3v) is 83.3. The maximum Gasteiger partial charge on any atom is 0.0710 e. The Morgan fingerprint density at radius 1 is 0.500 bits per heavy atom. The standard InChI is InChI=1S/C32H66Si6/c1-29(2,3)35(13,14)33(36(15,16)30(4,5)6)26-28(27-24-22-21-23-25-27)34(37(17,18)31(7,8)9)38(19,20)32(10,11)12/h21-26H,1-20H3/b28-26+. The lowest BCUT2D eigenvalue weighted by atomic mass is 10.2. The van der Waals surface area contributed by atoms with E-state index in [1.807, 2.05) is 5.20 Å². The zero-order valence-electron chi connectivity index (χ0n) is 29.5. The Labute approximate surface area is 247 Å². The van der Waals surface area contributed by atoms with E-state index in [-0.39, 0.29) is 0 Å². The van der Waals surface area contributed by atoms with Crippen molar-refractivity contribution in [3.63, 3.8) is 0 Å². The van der Waals surface area contributed by atoms with Crippen LogP contribution in [-0.2, 0) is 0 Å². The Bertz CT molecular complexity index is 906. The largest absolute Gasteiger partial charge is 0.103 e. The Balaban J connectivity index is 4.43. The van der Waals surface area contributed by atoms with Gasteiger partial charge in [0.25, 0.3) is 0 Å². The van der Waals surface area contributed by atoms with Gasteiger partial charge in [-0.3, -0.25) is 0 Å². The Morgan fingerprint density at radius 3 is 1.05 bits per heavy atom. The molecule has 0 atom stereocenters. The lowest BCUT2D eigenvalue weighted by Gasteiger charge is -2.55. The zero-order valence-corrected chi connectivity index (χ0v) is 35.5. The van der Waals surface area contributed by atoms with Gasteiger partial charge in [0.15, 0.2) is 0 Å². The van der Waals surface area contributed by atoms with Gasteiger partial charge in [0.2, 0.25) is 0 Å². The Kier molecular flexibility index (Phi) is 10.7. The monoisotopic (exact) mass is 618 g/mol. The molecule has 0 nitrogen and oxygen atoms in total. The molecular weight excluding hydrogens is 553 g/mol. The lowest BCUT2D eigenvalue weighted by molar-refractivity contribution is 0.727. The maximum absolute atomic E-state index is 3.12. The highest BCUT2D eigenvalue weighted by Gasteiger charge is 2.58. The molecule has 1 aromatic carbocycles. The molecular formula is C32H66Si6. The molecule has 1 aromatic rings. The summed E-state index contributed by atoms with van der Waals surface area (Å²) >= 11 is 0. The molecule has 0 heterocycles. The predicted molar refractivity (Wildman–Crippen MR) is 195 cm³/mol. The van der Waals surface area contributed by atoms with E-state index in [0.29, 0.717) is 20.2 Å². The quantitative estimate of drug-likeness (QED) is 0.267. The molecule has 0 aliphatic heterocycles. The minimum atomic E-state index is -1.66. The second kappa shape index (κ2) is 11.2. The van der Waals surface area contributed by atoms with Crippen LogP contribution in [0.3, 0.4) is 0 Å². The summed E-state index contributed by atoms with van der Waals surface area (Å²) in [5.41, 5.74) is 4.68. The summed E-state index contributed by atoms with van der Waals surface area (Å²) in [5.74, 6) is 0. The van der Waals surface area contributed by atoms with Crippen LogP contribution >= 0.6 is 0 Å². The van der Waals surface area contributed by atoms with Gasteiger partial charge in [-0.1, -0.05) is 171 Å². The van der Waals surface area contributed by atoms with E-state index in [2.05, 4.69) is 171 Å². The Hall–Kier alpha value is 0.261. The molecule has 0 unspecified atom stereocenters. The van der Waals surface area contributed by atoms with E-state index in [0.717, 1.165) is 0 Å². The van der Waals surface area contributed by atoms with Crippen molar-refractivity contribution in [3.05, 3.63) is 41.6 Å². The number of rotatable bonds is 7. The molecule has 2 radical (unpaired) electrons. The van der Waals surface area contributed by atoms with Gasteiger partial charge >= 0.3 is 0 Å². The second-order valence-electron chi connectivity index (χ2n) is 18.2. The molecule has 1 rings (SSSR count). The van der Waals surface area contributed by atoms with Crippen LogP contribution in [0.2, 0.25) is 72.5 Å². The van der Waals surface area contributed by atoms with Gasteiger partial charge in [0.05, 0.1) is 15.7 Å². The van der Waals surface area contributed by atoms with E-state index < -0.39 is 46.0 Å². The van der Waals surface area contributed by atoms with Crippen molar-refractivity contribution in [3.8, 4) is 0 Å². The van der Waals surface area contributed by atoms with Crippen LogP contribution in [0, 0.1) is 0 Å². The van der Waals surface area contributed by atoms with Gasteiger partial charge in [-0.2, -0.15) is 0 Å². The molecule has 0 spiro atoms. The van der Waals surface area contributed by atoms with Crippen LogP contribution in [0.5, 0.6) is 0 Å². The van der Waals surface area contributed by atoms with Crippen molar-refractivity contribution in [2.75, 3.05) is 0 Å². The van der Waals surface area contributed by atoms with E-state index in [4.69, 9.17) is 0 Å². The maximum atomic E-state index is 3.12. The first-order chi connectivity index (χ1) is 16.5. The molecule has 0 amide bonds. The summed E-state index contributed by atoms with van der Waals surface area (Å²) in [6.07, 6.45) is 0. The fourth-order valence-corrected chi connectivity index (χ4v) is 85.9. The van der Waals surface area contributed by atoms with E-state index >= 15 is 0 Å². The molecule has 38 heavy (non-hydrogen) atoms. The highest BCUT2D eigenvalue weighted by Crippen LogP contribution is 2.51. The summed E-state index contributed by atoms with van der Waals surface area (Å²) in [5, 5.41) is 3.43. The van der Waals surface area contributed by atoms with Gasteiger partial charge in [0, 0.05) is 30.4 Å². The van der Waals surface area contributed by atoms with Crippen LogP contribution in [0.15, 0.2) is 36.0 Å². The second-order valence-corrected chi connectivity index (χ2v) is 63.8. The third kappa shape index (κ3) is 7.00. The summed E-state index contributed by atoms with van der Waals surface area (Å²) in [7, 11) is -8.04. The fourth-order valence-electron chi connectivity index (χ4n) is 5.22. The highest BCUT2D eigenvalue weighted by atomic mass is 29.6. The number of hydrogen-bond donors (Lipinski definition) is 0. The Morgan fingerprint density at radius 2 is 0.789 bits per heavy atom. The first-order valence-corrected chi connectivity index (χ1v) is 34.1. The van der Waals surface area contributed by atoms with Crippen LogP contribution in [-0.4, -0.2) is 46.0 Å². The minimum absolute atomic E-state index is 0.380. The molecule has 0 aromatic heterocycles. The van der Waals surface area contributed by atoms with Crippen LogP contribution < -0.4 is 0 Å². The van der Waals surface area contributed by atoms with Gasteiger partial charge in [0.1, 0.15) is 0 Å². The van der Waals surface area contributed by atoms with E-state index in [1.165, 1.54) is 0 Å². The van der Waals surface area contributed by atoms with Gasteiger partial charge in [-0.25, -0.2) is 0 Å². The lowest BCUT2D eigenvalue weighted by Crippen LogP contribution is -2.70. The molecule has 0 saturated heterocycles. The van der Waals surface area contributed by atoms with Crippen molar-refractivity contribution in [2.45, 2.75) is 156 Å². The molecule has 0 aliphatic rings.